The molecule has 80 valence electrons. The van der Waals surface area contributed by atoms with Gasteiger partial charge in [-0.15, -0.1) is 5.43 Å². The van der Waals surface area contributed by atoms with E-state index in [1.807, 2.05) is 24.3 Å². The maximum atomic E-state index is 10.8. The first kappa shape index (κ1) is 10.3. The molecule has 0 unspecified atom stereocenters. The standard InChI is InChI=1S/C12H11N3O/c1-10(16)14-15-8-4-12(5-9-15)11-2-6-13-7-3-11/h2-9H,1H3/p+1. The number of carbonyl (C=O) groups is 1. The molecule has 0 aliphatic carbocycles. The number of aromatic nitrogens is 2. The predicted molar refractivity (Wildman–Crippen MR) is 59.9 cm³/mol. The molecule has 0 aliphatic rings. The van der Waals surface area contributed by atoms with Gasteiger partial charge in [-0.1, -0.05) is 4.68 Å². The number of nitrogens with zero attached hydrogens (tertiary/aromatic N) is 2. The Kier molecular flexibility index (Phi) is 2.91. The fourth-order valence-corrected chi connectivity index (χ4v) is 1.42. The minimum Gasteiger partial charge on any atom is -0.270 e. The highest BCUT2D eigenvalue weighted by molar-refractivity contribution is 5.79. The van der Waals surface area contributed by atoms with Gasteiger partial charge in [-0.05, 0) is 23.3 Å². The van der Waals surface area contributed by atoms with Crippen molar-refractivity contribution in [3.05, 3.63) is 49.1 Å². The van der Waals surface area contributed by atoms with Crippen molar-refractivity contribution >= 4 is 5.91 Å². The zero-order valence-electron chi connectivity index (χ0n) is 8.92. The molecular formula is C12H12N3O+. The van der Waals surface area contributed by atoms with Crippen molar-refractivity contribution in [3.63, 3.8) is 0 Å². The van der Waals surface area contributed by atoms with Gasteiger partial charge in [0.1, 0.15) is 0 Å². The highest BCUT2D eigenvalue weighted by Gasteiger charge is 2.03. The third-order valence-corrected chi connectivity index (χ3v) is 2.13. The fraction of sp³-hybridized carbons (Fsp3) is 0.0833. The SMILES string of the molecule is CC(=O)N[n+]1ccc(-c2ccncc2)cc1. The van der Waals surface area contributed by atoms with E-state index >= 15 is 0 Å². The molecule has 2 aromatic rings. The molecule has 2 heterocycles. The van der Waals surface area contributed by atoms with Gasteiger partial charge < -0.3 is 0 Å². The van der Waals surface area contributed by atoms with Crippen LogP contribution in [-0.2, 0) is 4.79 Å². The molecule has 1 amide bonds. The molecule has 0 fully saturated rings. The zero-order chi connectivity index (χ0) is 11.4. The highest BCUT2D eigenvalue weighted by Crippen LogP contribution is 2.15. The van der Waals surface area contributed by atoms with Crippen molar-refractivity contribution in [2.24, 2.45) is 0 Å². The van der Waals surface area contributed by atoms with Gasteiger partial charge in [-0.2, -0.15) is 0 Å². The predicted octanol–water partition coefficient (Wildman–Crippen LogP) is 1.13. The summed E-state index contributed by atoms with van der Waals surface area (Å²) in [4.78, 5) is 14.8. The Hall–Kier alpha value is -2.23. The lowest BCUT2D eigenvalue weighted by Gasteiger charge is -1.99. The minimum atomic E-state index is -0.0957. The van der Waals surface area contributed by atoms with Gasteiger partial charge in [0.25, 0.3) is 5.91 Å². The molecule has 0 bridgehead atoms. The highest BCUT2D eigenvalue weighted by atomic mass is 16.2. The summed E-state index contributed by atoms with van der Waals surface area (Å²) in [6.45, 7) is 1.48. The summed E-state index contributed by atoms with van der Waals surface area (Å²) in [7, 11) is 0. The molecule has 2 rings (SSSR count). The first-order chi connectivity index (χ1) is 7.75. The monoisotopic (exact) mass is 214 g/mol. The van der Waals surface area contributed by atoms with Crippen molar-refractivity contribution in [2.45, 2.75) is 6.92 Å². The summed E-state index contributed by atoms with van der Waals surface area (Å²) < 4.78 is 1.62. The molecule has 0 radical (unpaired) electrons. The Labute approximate surface area is 93.5 Å². The molecule has 2 aromatic heterocycles. The number of rotatable bonds is 2. The Morgan fingerprint density at radius 2 is 1.69 bits per heavy atom. The molecule has 4 nitrogen and oxygen atoms in total. The van der Waals surface area contributed by atoms with E-state index in [1.165, 1.54) is 6.92 Å². The maximum absolute atomic E-state index is 10.8. The summed E-state index contributed by atoms with van der Waals surface area (Å²) in [5.41, 5.74) is 4.84. The van der Waals surface area contributed by atoms with Crippen LogP contribution in [0.25, 0.3) is 11.1 Å². The summed E-state index contributed by atoms with van der Waals surface area (Å²) in [5.74, 6) is -0.0957. The quantitative estimate of drug-likeness (QED) is 0.762. The third kappa shape index (κ3) is 2.42. The van der Waals surface area contributed by atoms with Crippen molar-refractivity contribution < 1.29 is 9.47 Å². The largest absolute Gasteiger partial charge is 0.271 e. The van der Waals surface area contributed by atoms with Crippen molar-refractivity contribution in [3.8, 4) is 11.1 Å². The average Bonchev–Trinajstić information content (AvgIpc) is 2.30. The van der Waals surface area contributed by atoms with Crippen LogP contribution in [0.2, 0.25) is 0 Å². The van der Waals surface area contributed by atoms with Crippen LogP contribution in [0.15, 0.2) is 49.1 Å². The lowest BCUT2D eigenvalue weighted by Crippen LogP contribution is -2.46. The smallest absolute Gasteiger partial charge is 0.270 e. The van der Waals surface area contributed by atoms with Gasteiger partial charge in [-0.25, -0.2) is 0 Å². The Bertz CT molecular complexity index is 479. The molecule has 0 aromatic carbocycles. The van der Waals surface area contributed by atoms with Crippen LogP contribution in [0.3, 0.4) is 0 Å². The van der Waals surface area contributed by atoms with E-state index in [-0.39, 0.29) is 5.91 Å². The molecule has 0 aliphatic heterocycles. The number of carbonyl (C=O) groups excluding carboxylic acids is 1. The van der Waals surface area contributed by atoms with Crippen LogP contribution in [-0.4, -0.2) is 10.9 Å². The molecule has 0 saturated carbocycles. The summed E-state index contributed by atoms with van der Waals surface area (Å²) in [6, 6.07) is 7.76. The van der Waals surface area contributed by atoms with Crippen LogP contribution in [0, 0.1) is 0 Å². The van der Waals surface area contributed by atoms with E-state index in [1.54, 1.807) is 29.5 Å². The van der Waals surface area contributed by atoms with Crippen molar-refractivity contribution in [1.82, 2.24) is 4.98 Å². The molecule has 1 N–H and O–H groups in total. The maximum Gasteiger partial charge on any atom is 0.271 e. The molecule has 0 spiro atoms. The molecule has 4 heteroatoms. The first-order valence-corrected chi connectivity index (χ1v) is 4.95. The van der Waals surface area contributed by atoms with Gasteiger partial charge in [-0.3, -0.25) is 9.78 Å². The van der Waals surface area contributed by atoms with E-state index in [2.05, 4.69) is 10.4 Å². The lowest BCUT2D eigenvalue weighted by molar-refractivity contribution is -0.642. The van der Waals surface area contributed by atoms with Gasteiger partial charge in [0, 0.05) is 31.5 Å². The summed E-state index contributed by atoms with van der Waals surface area (Å²) in [6.07, 6.45) is 7.11. The second-order valence-electron chi connectivity index (χ2n) is 3.40. The van der Waals surface area contributed by atoms with Gasteiger partial charge in [0.05, 0.1) is 0 Å². The van der Waals surface area contributed by atoms with E-state index in [4.69, 9.17) is 0 Å². The zero-order valence-corrected chi connectivity index (χ0v) is 8.92. The van der Waals surface area contributed by atoms with Crippen molar-refractivity contribution in [2.75, 3.05) is 5.43 Å². The minimum absolute atomic E-state index is 0.0957. The fourth-order valence-electron chi connectivity index (χ4n) is 1.42. The topological polar surface area (TPSA) is 45.9 Å². The van der Waals surface area contributed by atoms with Crippen molar-refractivity contribution in [1.29, 1.82) is 0 Å². The van der Waals surface area contributed by atoms with Gasteiger partial charge >= 0.3 is 0 Å². The van der Waals surface area contributed by atoms with E-state index in [9.17, 15) is 4.79 Å². The number of amides is 1. The molecule has 0 atom stereocenters. The van der Waals surface area contributed by atoms with Crippen LogP contribution in [0.1, 0.15) is 6.92 Å². The second kappa shape index (κ2) is 4.53. The molecule has 0 saturated heterocycles. The first-order valence-electron chi connectivity index (χ1n) is 4.95. The third-order valence-electron chi connectivity index (χ3n) is 2.13. The number of nitrogens with one attached hydrogen (secondary N) is 1. The lowest BCUT2D eigenvalue weighted by atomic mass is 10.1. The number of hydrogen-bond acceptors (Lipinski definition) is 2. The Balaban J connectivity index is 2.23. The molecule has 16 heavy (non-hydrogen) atoms. The normalized spacial score (nSPS) is 9.81. The average molecular weight is 214 g/mol. The Morgan fingerprint density at radius 3 is 2.25 bits per heavy atom. The second-order valence-corrected chi connectivity index (χ2v) is 3.40. The van der Waals surface area contributed by atoms with Crippen LogP contribution in [0.5, 0.6) is 0 Å². The number of hydrogen-bond donors (Lipinski definition) is 1. The van der Waals surface area contributed by atoms with Crippen LogP contribution < -0.4 is 10.1 Å². The van der Waals surface area contributed by atoms with Gasteiger partial charge in [0.15, 0.2) is 0 Å². The van der Waals surface area contributed by atoms with E-state index in [0.717, 1.165) is 11.1 Å². The van der Waals surface area contributed by atoms with Crippen LogP contribution >= 0.6 is 0 Å². The summed E-state index contributed by atoms with van der Waals surface area (Å²) in [5, 5.41) is 0. The van der Waals surface area contributed by atoms with E-state index in [0.29, 0.717) is 0 Å². The summed E-state index contributed by atoms with van der Waals surface area (Å²) >= 11 is 0. The molecular weight excluding hydrogens is 202 g/mol. The van der Waals surface area contributed by atoms with E-state index < -0.39 is 0 Å². The van der Waals surface area contributed by atoms with Crippen LogP contribution in [0.4, 0.5) is 0 Å². The number of pyridine rings is 2. The van der Waals surface area contributed by atoms with Gasteiger partial charge in [0.2, 0.25) is 12.4 Å². The Morgan fingerprint density at radius 1 is 1.12 bits per heavy atom.